The van der Waals surface area contributed by atoms with Gasteiger partial charge >= 0.3 is 35.7 Å². The van der Waals surface area contributed by atoms with Gasteiger partial charge in [-0.3, -0.25) is 0 Å². The Morgan fingerprint density at radius 3 is 1.71 bits per heavy atom. The molecule has 0 aromatic heterocycles. The predicted molar refractivity (Wildman–Crippen MR) is 73.0 cm³/mol. The van der Waals surface area contributed by atoms with Gasteiger partial charge in [-0.2, -0.15) is 0 Å². The SMILES string of the molecule is CCCCCCCCCCCCOC(=O)O.[NaH]. The molecule has 0 amide bonds. The maximum atomic E-state index is 10.0. The zero-order chi connectivity index (χ0) is 12.1. The molecule has 0 aliphatic heterocycles. The Bertz CT molecular complexity index is 163. The molecule has 1 N–H and O–H groups in total. The second-order valence-electron chi connectivity index (χ2n) is 4.30. The summed E-state index contributed by atoms with van der Waals surface area (Å²) in [6, 6.07) is 0. The van der Waals surface area contributed by atoms with Crippen LogP contribution in [0.25, 0.3) is 0 Å². The maximum absolute atomic E-state index is 10.0. The summed E-state index contributed by atoms with van der Waals surface area (Å²) in [5, 5.41) is 8.23. The zero-order valence-electron chi connectivity index (χ0n) is 10.5. The molecular formula is C13H27NaO3. The Kier molecular flexibility index (Phi) is 18.8. The molecule has 17 heavy (non-hydrogen) atoms. The molecule has 0 heterocycles. The fraction of sp³-hybridized carbons (Fsp3) is 0.923. The molecule has 3 nitrogen and oxygen atoms in total. The molecule has 0 rings (SSSR count). The molecule has 0 saturated carbocycles. The standard InChI is InChI=1S/C13H26O3.Na.H/c1-2-3-4-5-6-7-8-9-10-11-12-16-13(14)15;;/h2-12H2,1H3,(H,14,15);;. The fourth-order valence-electron chi connectivity index (χ4n) is 1.75. The molecule has 0 fully saturated rings. The number of rotatable bonds is 11. The van der Waals surface area contributed by atoms with Crippen LogP contribution in [0.3, 0.4) is 0 Å². The topological polar surface area (TPSA) is 46.5 Å². The molecular weight excluding hydrogens is 227 g/mol. The summed E-state index contributed by atoms with van der Waals surface area (Å²) >= 11 is 0. The Hall–Kier alpha value is 0.270. The van der Waals surface area contributed by atoms with Gasteiger partial charge in [0.05, 0.1) is 6.61 Å². The monoisotopic (exact) mass is 254 g/mol. The van der Waals surface area contributed by atoms with E-state index in [1.807, 2.05) is 0 Å². The van der Waals surface area contributed by atoms with E-state index in [-0.39, 0.29) is 29.6 Å². The van der Waals surface area contributed by atoms with Crippen molar-refractivity contribution in [1.82, 2.24) is 0 Å². The molecule has 0 aliphatic carbocycles. The number of unbranched alkanes of at least 4 members (excludes halogenated alkanes) is 9. The van der Waals surface area contributed by atoms with Crippen LogP contribution in [0.15, 0.2) is 0 Å². The fourth-order valence-corrected chi connectivity index (χ4v) is 1.75. The van der Waals surface area contributed by atoms with Gasteiger partial charge in [0.15, 0.2) is 0 Å². The van der Waals surface area contributed by atoms with Crippen molar-refractivity contribution in [2.24, 2.45) is 0 Å². The summed E-state index contributed by atoms with van der Waals surface area (Å²) in [6.07, 6.45) is 11.4. The van der Waals surface area contributed by atoms with Crippen molar-refractivity contribution in [2.45, 2.75) is 71.1 Å². The van der Waals surface area contributed by atoms with Crippen LogP contribution in [-0.4, -0.2) is 47.4 Å². The van der Waals surface area contributed by atoms with E-state index in [1.54, 1.807) is 0 Å². The third kappa shape index (κ3) is 18.8. The van der Waals surface area contributed by atoms with Gasteiger partial charge in [-0.15, -0.1) is 0 Å². The van der Waals surface area contributed by atoms with Crippen LogP contribution in [0.2, 0.25) is 0 Å². The Balaban J connectivity index is 0. The third-order valence-electron chi connectivity index (χ3n) is 2.72. The summed E-state index contributed by atoms with van der Waals surface area (Å²) in [5.41, 5.74) is 0. The van der Waals surface area contributed by atoms with Gasteiger partial charge in [0, 0.05) is 0 Å². The van der Waals surface area contributed by atoms with Crippen LogP contribution in [0, 0.1) is 0 Å². The molecule has 4 heteroatoms. The van der Waals surface area contributed by atoms with E-state index in [1.165, 1.54) is 51.4 Å². The van der Waals surface area contributed by atoms with Crippen LogP contribution in [0.1, 0.15) is 71.1 Å². The number of ether oxygens (including phenoxy) is 1. The van der Waals surface area contributed by atoms with Crippen LogP contribution in [0.4, 0.5) is 4.79 Å². The average molecular weight is 254 g/mol. The summed E-state index contributed by atoms with van der Waals surface area (Å²) in [6.45, 7) is 2.59. The van der Waals surface area contributed by atoms with Crippen LogP contribution >= 0.6 is 0 Å². The van der Waals surface area contributed by atoms with E-state index >= 15 is 0 Å². The number of hydrogen-bond donors (Lipinski definition) is 1. The van der Waals surface area contributed by atoms with Gasteiger partial charge < -0.3 is 9.84 Å². The predicted octanol–water partition coefficient (Wildman–Crippen LogP) is 3.95. The van der Waals surface area contributed by atoms with Crippen LogP contribution < -0.4 is 0 Å². The summed E-state index contributed by atoms with van der Waals surface area (Å²) in [5.74, 6) is 0. The molecule has 0 radical (unpaired) electrons. The first-order chi connectivity index (χ1) is 7.77. The van der Waals surface area contributed by atoms with Crippen molar-refractivity contribution < 1.29 is 14.6 Å². The van der Waals surface area contributed by atoms with Gasteiger partial charge in [0.25, 0.3) is 0 Å². The van der Waals surface area contributed by atoms with E-state index < -0.39 is 6.16 Å². The molecule has 0 aromatic rings. The van der Waals surface area contributed by atoms with Gasteiger partial charge in [-0.1, -0.05) is 64.7 Å². The number of carboxylic acid groups (broad SMARTS) is 1. The molecule has 0 aliphatic rings. The van der Waals surface area contributed by atoms with Crippen molar-refractivity contribution in [1.29, 1.82) is 0 Å². The Morgan fingerprint density at radius 1 is 0.882 bits per heavy atom. The van der Waals surface area contributed by atoms with Crippen molar-refractivity contribution in [3.8, 4) is 0 Å². The molecule has 98 valence electrons. The molecule has 0 bridgehead atoms. The Labute approximate surface area is 128 Å². The number of hydrogen-bond acceptors (Lipinski definition) is 2. The third-order valence-corrected chi connectivity index (χ3v) is 2.72. The van der Waals surface area contributed by atoms with Gasteiger partial charge in [-0.25, -0.2) is 4.79 Å². The normalized spacial score (nSPS) is 9.71. The molecule has 0 unspecified atom stereocenters. The Morgan fingerprint density at radius 2 is 1.29 bits per heavy atom. The summed E-state index contributed by atoms with van der Waals surface area (Å²) in [7, 11) is 0. The second kappa shape index (κ2) is 16.3. The molecule has 0 spiro atoms. The minimum absolute atomic E-state index is 0. The van der Waals surface area contributed by atoms with E-state index in [0.717, 1.165) is 12.8 Å². The summed E-state index contributed by atoms with van der Waals surface area (Å²) in [4.78, 5) is 10.0. The van der Waals surface area contributed by atoms with Crippen molar-refractivity contribution in [2.75, 3.05) is 6.61 Å². The van der Waals surface area contributed by atoms with Crippen molar-refractivity contribution in [3.63, 3.8) is 0 Å². The quantitative estimate of drug-likeness (QED) is 0.345. The second-order valence-corrected chi connectivity index (χ2v) is 4.30. The minimum atomic E-state index is -1.16. The van der Waals surface area contributed by atoms with E-state index in [0.29, 0.717) is 6.61 Å². The van der Waals surface area contributed by atoms with Crippen molar-refractivity contribution >= 4 is 35.7 Å². The van der Waals surface area contributed by atoms with Gasteiger partial charge in [-0.05, 0) is 6.42 Å². The first-order valence-corrected chi connectivity index (χ1v) is 6.63. The van der Waals surface area contributed by atoms with Gasteiger partial charge in [0.1, 0.15) is 0 Å². The first-order valence-electron chi connectivity index (χ1n) is 6.63. The van der Waals surface area contributed by atoms with E-state index in [4.69, 9.17) is 5.11 Å². The van der Waals surface area contributed by atoms with Gasteiger partial charge in [0.2, 0.25) is 0 Å². The zero-order valence-corrected chi connectivity index (χ0v) is 10.5. The molecule has 0 saturated heterocycles. The van der Waals surface area contributed by atoms with Crippen LogP contribution in [0.5, 0.6) is 0 Å². The molecule has 0 aromatic carbocycles. The first kappa shape index (κ1) is 19.6. The van der Waals surface area contributed by atoms with Crippen molar-refractivity contribution in [3.05, 3.63) is 0 Å². The van der Waals surface area contributed by atoms with Crippen LogP contribution in [-0.2, 0) is 4.74 Å². The molecule has 0 atom stereocenters. The average Bonchev–Trinajstić information content (AvgIpc) is 2.25. The summed E-state index contributed by atoms with van der Waals surface area (Å²) < 4.78 is 4.43. The van der Waals surface area contributed by atoms with E-state index in [9.17, 15) is 4.79 Å². The van der Waals surface area contributed by atoms with E-state index in [2.05, 4.69) is 11.7 Å². The number of carbonyl (C=O) groups is 1.